The van der Waals surface area contributed by atoms with Crippen molar-refractivity contribution in [1.82, 2.24) is 4.31 Å². The van der Waals surface area contributed by atoms with E-state index in [1.54, 1.807) is 4.31 Å². The van der Waals surface area contributed by atoms with Gasteiger partial charge in [-0.25, -0.2) is 13.2 Å². The van der Waals surface area contributed by atoms with Gasteiger partial charge >= 0.3 is 5.97 Å². The summed E-state index contributed by atoms with van der Waals surface area (Å²) < 4.78 is 32.4. The lowest BCUT2D eigenvalue weighted by Crippen LogP contribution is -2.39. The summed E-state index contributed by atoms with van der Waals surface area (Å²) in [7, 11) is -3.50. The van der Waals surface area contributed by atoms with Crippen LogP contribution >= 0.6 is 0 Å². The highest BCUT2D eigenvalue weighted by Gasteiger charge is 2.42. The van der Waals surface area contributed by atoms with Crippen molar-refractivity contribution in [2.45, 2.75) is 43.0 Å². The van der Waals surface area contributed by atoms with E-state index in [2.05, 4.69) is 0 Å². The third kappa shape index (κ3) is 3.35. The number of fused-ring (bicyclic) bond motifs is 1. The van der Waals surface area contributed by atoms with Crippen LogP contribution in [0.15, 0.2) is 29.2 Å². The fourth-order valence-corrected chi connectivity index (χ4v) is 5.38. The molecule has 3 rings (SSSR count). The van der Waals surface area contributed by atoms with Crippen LogP contribution in [0.2, 0.25) is 0 Å². The summed E-state index contributed by atoms with van der Waals surface area (Å²) in [6.45, 7) is 0.150. The second-order valence-corrected chi connectivity index (χ2v) is 8.06. The van der Waals surface area contributed by atoms with E-state index in [1.165, 1.54) is 30.7 Å². The monoisotopic (exact) mass is 339 g/mol. The maximum Gasteiger partial charge on any atom is 0.341 e. The van der Waals surface area contributed by atoms with E-state index in [1.807, 2.05) is 0 Å². The van der Waals surface area contributed by atoms with Gasteiger partial charge in [-0.05, 0) is 49.4 Å². The normalized spacial score (nSPS) is 25.0. The first-order valence-corrected chi connectivity index (χ1v) is 9.39. The van der Waals surface area contributed by atoms with Gasteiger partial charge in [0.15, 0.2) is 6.61 Å². The molecule has 1 aromatic rings. The van der Waals surface area contributed by atoms with Gasteiger partial charge in [-0.3, -0.25) is 0 Å². The van der Waals surface area contributed by atoms with E-state index in [-0.39, 0.29) is 10.9 Å². The number of aliphatic carboxylic acids is 1. The lowest BCUT2D eigenvalue weighted by Gasteiger charge is -2.31. The van der Waals surface area contributed by atoms with Crippen LogP contribution < -0.4 is 4.74 Å². The highest BCUT2D eigenvalue weighted by Crippen LogP contribution is 2.39. The molecule has 6 nitrogen and oxygen atoms in total. The first-order chi connectivity index (χ1) is 11.0. The summed E-state index contributed by atoms with van der Waals surface area (Å²) in [5.41, 5.74) is 0. The van der Waals surface area contributed by atoms with Crippen LogP contribution in [0.3, 0.4) is 0 Å². The Morgan fingerprint density at radius 2 is 1.87 bits per heavy atom. The third-order valence-corrected chi connectivity index (χ3v) is 6.69. The zero-order valence-electron chi connectivity index (χ0n) is 12.8. The molecule has 2 fully saturated rings. The number of carboxylic acids is 1. The van der Waals surface area contributed by atoms with E-state index in [0.717, 1.165) is 25.7 Å². The number of sulfonamides is 1. The van der Waals surface area contributed by atoms with E-state index < -0.39 is 22.6 Å². The van der Waals surface area contributed by atoms with Gasteiger partial charge in [0, 0.05) is 12.6 Å². The molecule has 126 valence electrons. The third-order valence-electron chi connectivity index (χ3n) is 4.75. The van der Waals surface area contributed by atoms with Gasteiger partial charge in [-0.2, -0.15) is 4.31 Å². The lowest BCUT2D eigenvalue weighted by molar-refractivity contribution is -0.139. The van der Waals surface area contributed by atoms with Crippen LogP contribution in [0.1, 0.15) is 32.1 Å². The van der Waals surface area contributed by atoms with Gasteiger partial charge in [0.05, 0.1) is 4.90 Å². The number of hydrogen-bond donors (Lipinski definition) is 1. The maximum atomic E-state index is 12.9. The summed E-state index contributed by atoms with van der Waals surface area (Å²) >= 11 is 0. The quantitative estimate of drug-likeness (QED) is 0.888. The standard InChI is InChI=1S/C16H21NO5S/c18-16(19)11-22-13-5-7-14(8-6-13)23(20,21)17-10-9-12-3-1-2-4-15(12)17/h5-8,12,15H,1-4,9-11H2,(H,18,19)/t12-,15-/m0/s1. The van der Waals surface area contributed by atoms with Gasteiger partial charge in [0.2, 0.25) is 10.0 Å². The molecule has 0 unspecified atom stereocenters. The highest BCUT2D eigenvalue weighted by molar-refractivity contribution is 7.89. The molecule has 0 spiro atoms. The summed E-state index contributed by atoms with van der Waals surface area (Å²) in [6.07, 6.45) is 5.31. The van der Waals surface area contributed by atoms with E-state index in [9.17, 15) is 13.2 Å². The average Bonchev–Trinajstić information content (AvgIpc) is 2.98. The fraction of sp³-hybridized carbons (Fsp3) is 0.562. The second kappa shape index (κ2) is 6.49. The molecule has 1 aliphatic carbocycles. The predicted molar refractivity (Wildman–Crippen MR) is 83.8 cm³/mol. The summed E-state index contributed by atoms with van der Waals surface area (Å²) in [5.74, 6) is -0.220. The summed E-state index contributed by atoms with van der Waals surface area (Å²) in [6, 6.07) is 6.12. The van der Waals surface area contributed by atoms with Crippen molar-refractivity contribution in [3.8, 4) is 5.75 Å². The Bertz CT molecular complexity index is 670. The molecule has 0 aromatic heterocycles. The van der Waals surface area contributed by atoms with Crippen molar-refractivity contribution in [3.05, 3.63) is 24.3 Å². The van der Waals surface area contributed by atoms with Crippen LogP contribution in [-0.4, -0.2) is 43.0 Å². The molecule has 1 N–H and O–H groups in total. The smallest absolute Gasteiger partial charge is 0.341 e. The van der Waals surface area contributed by atoms with Crippen molar-refractivity contribution >= 4 is 16.0 Å². The number of nitrogens with zero attached hydrogens (tertiary/aromatic N) is 1. The molecular formula is C16H21NO5S. The average molecular weight is 339 g/mol. The molecule has 2 atom stereocenters. The molecule has 1 saturated heterocycles. The first kappa shape index (κ1) is 16.3. The Kier molecular flexibility index (Phi) is 4.59. The zero-order valence-corrected chi connectivity index (χ0v) is 13.7. The van der Waals surface area contributed by atoms with Gasteiger partial charge in [-0.1, -0.05) is 12.8 Å². The number of carboxylic acid groups (broad SMARTS) is 1. The Morgan fingerprint density at radius 1 is 1.17 bits per heavy atom. The van der Waals surface area contributed by atoms with Crippen molar-refractivity contribution < 1.29 is 23.1 Å². The Morgan fingerprint density at radius 3 is 2.57 bits per heavy atom. The summed E-state index contributed by atoms with van der Waals surface area (Å²) in [4.78, 5) is 10.7. The minimum Gasteiger partial charge on any atom is -0.482 e. The van der Waals surface area contributed by atoms with Crippen molar-refractivity contribution in [2.24, 2.45) is 5.92 Å². The topological polar surface area (TPSA) is 83.9 Å². The first-order valence-electron chi connectivity index (χ1n) is 7.95. The highest BCUT2D eigenvalue weighted by atomic mass is 32.2. The lowest BCUT2D eigenvalue weighted by atomic mass is 9.86. The van der Waals surface area contributed by atoms with E-state index in [0.29, 0.717) is 18.2 Å². The number of rotatable bonds is 5. The Labute approximate surface area is 136 Å². The number of carbonyl (C=O) groups is 1. The summed E-state index contributed by atoms with van der Waals surface area (Å²) in [5, 5.41) is 8.58. The molecular weight excluding hydrogens is 318 g/mol. The molecule has 0 bridgehead atoms. The molecule has 23 heavy (non-hydrogen) atoms. The molecule has 1 aliphatic heterocycles. The fourth-order valence-electron chi connectivity index (χ4n) is 3.65. The zero-order chi connectivity index (χ0) is 16.4. The Balaban J connectivity index is 1.75. The van der Waals surface area contributed by atoms with Crippen molar-refractivity contribution in [3.63, 3.8) is 0 Å². The van der Waals surface area contributed by atoms with Gasteiger partial charge in [0.25, 0.3) is 0 Å². The molecule has 1 saturated carbocycles. The van der Waals surface area contributed by atoms with E-state index in [4.69, 9.17) is 9.84 Å². The van der Waals surface area contributed by atoms with E-state index >= 15 is 0 Å². The minimum atomic E-state index is -3.50. The molecule has 0 amide bonds. The maximum absolute atomic E-state index is 12.9. The van der Waals surface area contributed by atoms with Crippen LogP contribution in [0, 0.1) is 5.92 Å². The second-order valence-electron chi connectivity index (χ2n) is 6.17. The molecule has 2 aliphatic rings. The van der Waals surface area contributed by atoms with Crippen LogP contribution in [0.25, 0.3) is 0 Å². The Hall–Kier alpha value is -1.60. The molecule has 7 heteroatoms. The largest absolute Gasteiger partial charge is 0.482 e. The van der Waals surface area contributed by atoms with Crippen molar-refractivity contribution in [2.75, 3.05) is 13.2 Å². The molecule has 1 heterocycles. The number of benzene rings is 1. The molecule has 1 aromatic carbocycles. The minimum absolute atomic E-state index is 0.136. The van der Waals surface area contributed by atoms with Crippen LogP contribution in [0.4, 0.5) is 0 Å². The van der Waals surface area contributed by atoms with Gasteiger partial charge < -0.3 is 9.84 Å². The van der Waals surface area contributed by atoms with Crippen LogP contribution in [-0.2, 0) is 14.8 Å². The van der Waals surface area contributed by atoms with Crippen LogP contribution in [0.5, 0.6) is 5.75 Å². The number of ether oxygens (including phenoxy) is 1. The predicted octanol–water partition coefficient (Wildman–Crippen LogP) is 2.10. The van der Waals surface area contributed by atoms with Crippen molar-refractivity contribution in [1.29, 1.82) is 0 Å². The molecule has 0 radical (unpaired) electrons. The number of hydrogen-bond acceptors (Lipinski definition) is 4. The van der Waals surface area contributed by atoms with Gasteiger partial charge in [-0.15, -0.1) is 0 Å². The van der Waals surface area contributed by atoms with Gasteiger partial charge in [0.1, 0.15) is 5.75 Å². The SMILES string of the molecule is O=C(O)COc1ccc(S(=O)(=O)N2CC[C@@H]3CCCC[C@@H]32)cc1.